The lowest BCUT2D eigenvalue weighted by Crippen LogP contribution is -2.47. The number of pyridine rings is 1. The van der Waals surface area contributed by atoms with Crippen LogP contribution in [-0.4, -0.2) is 41.4 Å². The fourth-order valence-corrected chi connectivity index (χ4v) is 2.93. The Hall–Kier alpha value is -2.68. The molecule has 116 valence electrons. The maximum absolute atomic E-state index is 8.81. The molecule has 1 saturated heterocycles. The Kier molecular flexibility index (Phi) is 3.54. The van der Waals surface area contributed by atoms with E-state index in [1.54, 1.807) is 12.3 Å². The van der Waals surface area contributed by atoms with Gasteiger partial charge in [-0.3, -0.25) is 0 Å². The van der Waals surface area contributed by atoms with E-state index < -0.39 is 0 Å². The van der Waals surface area contributed by atoms with E-state index in [0.717, 1.165) is 43.4 Å². The van der Waals surface area contributed by atoms with E-state index >= 15 is 0 Å². The molecule has 2 aliphatic rings. The zero-order valence-electron chi connectivity index (χ0n) is 12.9. The van der Waals surface area contributed by atoms with Gasteiger partial charge in [-0.15, -0.1) is 5.10 Å². The second-order valence-corrected chi connectivity index (χ2v) is 6.08. The van der Waals surface area contributed by atoms with Crippen LogP contribution in [0.25, 0.3) is 0 Å². The molecule has 2 fully saturated rings. The SMILES string of the molecule is N#Cc1ccc(N2CCN(c3ccc(C4CC4)nn3)CC2)cn1. The number of aromatic nitrogens is 3. The van der Waals surface area contributed by atoms with Crippen LogP contribution in [0, 0.1) is 11.3 Å². The highest BCUT2D eigenvalue weighted by atomic mass is 15.3. The Bertz CT molecular complexity index is 706. The van der Waals surface area contributed by atoms with Crippen molar-refractivity contribution in [1.29, 1.82) is 5.26 Å². The van der Waals surface area contributed by atoms with Crippen molar-refractivity contribution in [3.63, 3.8) is 0 Å². The second kappa shape index (κ2) is 5.84. The fourth-order valence-electron chi connectivity index (χ4n) is 2.93. The number of anilines is 2. The number of hydrogen-bond donors (Lipinski definition) is 0. The molecular weight excluding hydrogens is 288 g/mol. The maximum atomic E-state index is 8.81. The molecule has 0 atom stereocenters. The van der Waals surface area contributed by atoms with E-state index in [-0.39, 0.29) is 0 Å². The average Bonchev–Trinajstić information content (AvgIpc) is 3.47. The molecule has 0 spiro atoms. The van der Waals surface area contributed by atoms with Gasteiger partial charge in [-0.2, -0.15) is 10.4 Å². The summed E-state index contributed by atoms with van der Waals surface area (Å²) < 4.78 is 0. The molecule has 2 aromatic rings. The average molecular weight is 306 g/mol. The summed E-state index contributed by atoms with van der Waals surface area (Å²) in [6.45, 7) is 3.66. The first-order chi connectivity index (χ1) is 11.3. The summed E-state index contributed by atoms with van der Waals surface area (Å²) >= 11 is 0. The standard InChI is InChI=1S/C17H18N6/c18-11-14-3-4-15(12-19-14)22-7-9-23(10-8-22)17-6-5-16(20-21-17)13-1-2-13/h3-6,12-13H,1-2,7-10H2. The lowest BCUT2D eigenvalue weighted by molar-refractivity contribution is 0.641. The third kappa shape index (κ3) is 2.95. The summed E-state index contributed by atoms with van der Waals surface area (Å²) in [7, 11) is 0. The number of nitrogens with zero attached hydrogens (tertiary/aromatic N) is 6. The summed E-state index contributed by atoms with van der Waals surface area (Å²) in [6, 6.07) is 10.00. The molecule has 3 heterocycles. The Morgan fingerprint density at radius 2 is 1.74 bits per heavy atom. The topological polar surface area (TPSA) is 68.9 Å². The summed E-state index contributed by atoms with van der Waals surface area (Å²) in [5.74, 6) is 1.62. The van der Waals surface area contributed by atoms with Crippen LogP contribution in [0.3, 0.4) is 0 Å². The van der Waals surface area contributed by atoms with Crippen LogP contribution < -0.4 is 9.80 Å². The first-order valence-corrected chi connectivity index (χ1v) is 8.03. The van der Waals surface area contributed by atoms with Crippen molar-refractivity contribution in [2.24, 2.45) is 0 Å². The van der Waals surface area contributed by atoms with Crippen LogP contribution in [0.15, 0.2) is 30.5 Å². The Labute approximate surface area is 135 Å². The van der Waals surface area contributed by atoms with Gasteiger partial charge in [-0.1, -0.05) is 0 Å². The minimum absolute atomic E-state index is 0.457. The summed E-state index contributed by atoms with van der Waals surface area (Å²) in [5, 5.41) is 17.6. The van der Waals surface area contributed by atoms with Gasteiger partial charge in [0, 0.05) is 32.1 Å². The molecule has 4 rings (SSSR count). The van der Waals surface area contributed by atoms with Gasteiger partial charge >= 0.3 is 0 Å². The molecule has 1 aliphatic heterocycles. The molecule has 0 amide bonds. The number of nitriles is 1. The van der Waals surface area contributed by atoms with Crippen molar-refractivity contribution < 1.29 is 0 Å². The van der Waals surface area contributed by atoms with Gasteiger partial charge in [0.2, 0.25) is 0 Å². The molecule has 1 saturated carbocycles. The minimum Gasteiger partial charge on any atom is -0.367 e. The molecule has 6 heteroatoms. The highest BCUT2D eigenvalue weighted by molar-refractivity contribution is 5.49. The molecule has 0 radical (unpaired) electrons. The molecule has 1 aliphatic carbocycles. The summed E-state index contributed by atoms with van der Waals surface area (Å²) in [5.41, 5.74) is 2.66. The molecule has 0 bridgehead atoms. The van der Waals surface area contributed by atoms with Gasteiger partial charge in [0.15, 0.2) is 5.82 Å². The van der Waals surface area contributed by atoms with Gasteiger partial charge in [0.05, 0.1) is 17.6 Å². The third-order valence-corrected chi connectivity index (χ3v) is 4.50. The van der Waals surface area contributed by atoms with Crippen molar-refractivity contribution >= 4 is 11.5 Å². The van der Waals surface area contributed by atoms with Crippen molar-refractivity contribution in [2.45, 2.75) is 18.8 Å². The van der Waals surface area contributed by atoms with E-state index in [1.165, 1.54) is 12.8 Å². The zero-order valence-corrected chi connectivity index (χ0v) is 12.9. The van der Waals surface area contributed by atoms with E-state index in [2.05, 4.69) is 37.1 Å². The lowest BCUT2D eigenvalue weighted by Gasteiger charge is -2.36. The normalized spacial score (nSPS) is 17.9. The van der Waals surface area contributed by atoms with Gasteiger partial charge in [-0.25, -0.2) is 4.98 Å². The minimum atomic E-state index is 0.457. The van der Waals surface area contributed by atoms with Crippen molar-refractivity contribution in [3.05, 3.63) is 41.9 Å². The molecule has 6 nitrogen and oxygen atoms in total. The van der Waals surface area contributed by atoms with E-state index in [4.69, 9.17) is 5.26 Å². The monoisotopic (exact) mass is 306 g/mol. The van der Waals surface area contributed by atoms with Crippen LogP contribution in [0.5, 0.6) is 0 Å². The van der Waals surface area contributed by atoms with Crippen molar-refractivity contribution in [3.8, 4) is 6.07 Å². The van der Waals surface area contributed by atoms with Gasteiger partial charge in [-0.05, 0) is 37.1 Å². The Balaban J connectivity index is 1.39. The van der Waals surface area contributed by atoms with Crippen LogP contribution >= 0.6 is 0 Å². The second-order valence-electron chi connectivity index (χ2n) is 6.08. The van der Waals surface area contributed by atoms with Crippen LogP contribution in [0.1, 0.15) is 30.1 Å². The smallest absolute Gasteiger partial charge is 0.151 e. The summed E-state index contributed by atoms with van der Waals surface area (Å²) in [6.07, 6.45) is 4.29. The highest BCUT2D eigenvalue weighted by Crippen LogP contribution is 2.38. The van der Waals surface area contributed by atoms with Gasteiger partial charge < -0.3 is 9.80 Å². The number of rotatable bonds is 3. The van der Waals surface area contributed by atoms with Crippen molar-refractivity contribution in [2.75, 3.05) is 36.0 Å². The first kappa shape index (κ1) is 13.9. The third-order valence-electron chi connectivity index (χ3n) is 4.50. The quantitative estimate of drug-likeness (QED) is 0.863. The molecule has 0 aromatic carbocycles. The van der Waals surface area contributed by atoms with Crippen LogP contribution in [0.4, 0.5) is 11.5 Å². The van der Waals surface area contributed by atoms with E-state index in [1.807, 2.05) is 12.1 Å². The molecule has 23 heavy (non-hydrogen) atoms. The lowest BCUT2D eigenvalue weighted by atomic mass is 10.2. The Morgan fingerprint density at radius 1 is 0.957 bits per heavy atom. The molecule has 2 aromatic heterocycles. The van der Waals surface area contributed by atoms with Gasteiger partial charge in [0.1, 0.15) is 11.8 Å². The van der Waals surface area contributed by atoms with E-state index in [9.17, 15) is 0 Å². The number of hydrogen-bond acceptors (Lipinski definition) is 6. The number of piperazine rings is 1. The Morgan fingerprint density at radius 3 is 2.30 bits per heavy atom. The molecule has 0 unspecified atom stereocenters. The van der Waals surface area contributed by atoms with Gasteiger partial charge in [0.25, 0.3) is 0 Å². The largest absolute Gasteiger partial charge is 0.367 e. The van der Waals surface area contributed by atoms with Crippen molar-refractivity contribution in [1.82, 2.24) is 15.2 Å². The summed E-state index contributed by atoms with van der Waals surface area (Å²) in [4.78, 5) is 8.71. The predicted molar refractivity (Wildman–Crippen MR) is 87.4 cm³/mol. The van der Waals surface area contributed by atoms with Crippen LogP contribution in [0.2, 0.25) is 0 Å². The van der Waals surface area contributed by atoms with Crippen LogP contribution in [-0.2, 0) is 0 Å². The fraction of sp³-hybridized carbons (Fsp3) is 0.412. The molecular formula is C17H18N6. The highest BCUT2D eigenvalue weighted by Gasteiger charge is 2.26. The maximum Gasteiger partial charge on any atom is 0.151 e. The zero-order chi connectivity index (χ0) is 15.6. The first-order valence-electron chi connectivity index (χ1n) is 8.03. The molecule has 0 N–H and O–H groups in total. The predicted octanol–water partition coefficient (Wildman–Crippen LogP) is 1.95. The van der Waals surface area contributed by atoms with E-state index in [0.29, 0.717) is 11.6 Å².